The molecule has 1 N–H and O–H groups in total. The van der Waals surface area contributed by atoms with Crippen molar-refractivity contribution < 1.29 is 4.79 Å². The molecule has 2 rings (SSSR count). The highest BCUT2D eigenvalue weighted by Crippen LogP contribution is 2.40. The summed E-state index contributed by atoms with van der Waals surface area (Å²) in [6, 6.07) is 0. The summed E-state index contributed by atoms with van der Waals surface area (Å²) in [4.78, 5) is 11.3. The van der Waals surface area contributed by atoms with Gasteiger partial charge in [0, 0.05) is 0 Å². The van der Waals surface area contributed by atoms with Gasteiger partial charge in [-0.25, -0.2) is 5.43 Å². The summed E-state index contributed by atoms with van der Waals surface area (Å²) >= 11 is 1.49. The van der Waals surface area contributed by atoms with Crippen LogP contribution in [0.4, 0.5) is 0 Å². The second-order valence-electron chi connectivity index (χ2n) is 3.23. The van der Waals surface area contributed by atoms with E-state index in [1.807, 2.05) is 0 Å². The van der Waals surface area contributed by atoms with E-state index in [2.05, 4.69) is 16.4 Å². The maximum atomic E-state index is 11.3. The maximum Gasteiger partial charge on any atom is 0.250 e. The molecule has 1 heterocycles. The smallest absolute Gasteiger partial charge is 0.250 e. The van der Waals surface area contributed by atoms with E-state index in [4.69, 9.17) is 6.42 Å². The third kappa shape index (κ3) is 1.70. The second-order valence-corrected chi connectivity index (χ2v) is 4.23. The van der Waals surface area contributed by atoms with Crippen LogP contribution in [0.5, 0.6) is 0 Å². The summed E-state index contributed by atoms with van der Waals surface area (Å²) < 4.78 is 0. The minimum Gasteiger partial charge on any atom is -0.272 e. The van der Waals surface area contributed by atoms with Gasteiger partial charge >= 0.3 is 0 Å². The molecule has 1 amide bonds. The molecular weight excluding hydrogens is 184 g/mol. The normalized spacial score (nSPS) is 26.5. The second kappa shape index (κ2) is 3.43. The molecule has 0 saturated heterocycles. The summed E-state index contributed by atoms with van der Waals surface area (Å²) in [5.41, 5.74) is 2.51. The molecule has 0 aromatic carbocycles. The number of hydrogen-bond donors (Lipinski definition) is 1. The SMILES string of the molecule is C#CCSC1=NNC(=O)C1C1CC1. The Morgan fingerprint density at radius 1 is 1.69 bits per heavy atom. The van der Waals surface area contributed by atoms with Crippen LogP contribution in [-0.4, -0.2) is 16.7 Å². The highest BCUT2D eigenvalue weighted by Gasteiger charge is 2.42. The number of hydrazone groups is 1. The van der Waals surface area contributed by atoms with Crippen LogP contribution in [0.3, 0.4) is 0 Å². The Bertz CT molecular complexity index is 301. The minimum atomic E-state index is -0.00153. The minimum absolute atomic E-state index is 0.00153. The molecule has 3 nitrogen and oxygen atoms in total. The van der Waals surface area contributed by atoms with Gasteiger partial charge < -0.3 is 0 Å². The molecule has 68 valence electrons. The number of carbonyl (C=O) groups is 1. The number of nitrogens with one attached hydrogen (secondary N) is 1. The van der Waals surface area contributed by atoms with Gasteiger partial charge in [0.2, 0.25) is 5.91 Å². The van der Waals surface area contributed by atoms with Crippen molar-refractivity contribution in [2.24, 2.45) is 16.9 Å². The van der Waals surface area contributed by atoms with Crippen LogP contribution in [-0.2, 0) is 4.79 Å². The lowest BCUT2D eigenvalue weighted by atomic mass is 10.1. The van der Waals surface area contributed by atoms with Crippen molar-refractivity contribution in [1.82, 2.24) is 5.43 Å². The van der Waals surface area contributed by atoms with Gasteiger partial charge in [-0.05, 0) is 18.8 Å². The fourth-order valence-electron chi connectivity index (χ4n) is 1.44. The summed E-state index contributed by atoms with van der Waals surface area (Å²) in [5.74, 6) is 3.69. The summed E-state index contributed by atoms with van der Waals surface area (Å²) in [5, 5.41) is 4.86. The third-order valence-corrected chi connectivity index (χ3v) is 3.17. The van der Waals surface area contributed by atoms with E-state index < -0.39 is 0 Å². The fourth-order valence-corrected chi connectivity index (χ4v) is 2.26. The summed E-state index contributed by atoms with van der Waals surface area (Å²) in [6.45, 7) is 0. The Hall–Kier alpha value is -0.950. The van der Waals surface area contributed by atoms with Crippen LogP contribution < -0.4 is 5.43 Å². The molecule has 1 fully saturated rings. The van der Waals surface area contributed by atoms with Crippen LogP contribution in [0.2, 0.25) is 0 Å². The van der Waals surface area contributed by atoms with Gasteiger partial charge in [-0.3, -0.25) is 4.79 Å². The molecule has 0 bridgehead atoms. The zero-order chi connectivity index (χ0) is 9.26. The van der Waals surface area contributed by atoms with Crippen molar-refractivity contribution in [1.29, 1.82) is 0 Å². The summed E-state index contributed by atoms with van der Waals surface area (Å²) in [6.07, 6.45) is 7.44. The Balaban J connectivity index is 2.01. The fraction of sp³-hybridized carbons (Fsp3) is 0.556. The lowest BCUT2D eigenvalue weighted by Gasteiger charge is -2.05. The highest BCUT2D eigenvalue weighted by atomic mass is 32.2. The van der Waals surface area contributed by atoms with Crippen molar-refractivity contribution in [3.05, 3.63) is 0 Å². The van der Waals surface area contributed by atoms with Crippen molar-refractivity contribution in [3.63, 3.8) is 0 Å². The van der Waals surface area contributed by atoms with E-state index in [-0.39, 0.29) is 11.8 Å². The molecule has 2 aliphatic rings. The number of hydrogen-bond acceptors (Lipinski definition) is 3. The first kappa shape index (κ1) is 8.64. The number of rotatable bonds is 2. The van der Waals surface area contributed by atoms with Crippen LogP contribution in [0.15, 0.2) is 5.10 Å². The Kier molecular flexibility index (Phi) is 2.28. The van der Waals surface area contributed by atoms with E-state index >= 15 is 0 Å². The number of nitrogens with zero attached hydrogens (tertiary/aromatic N) is 1. The molecule has 1 aliphatic carbocycles. The predicted molar refractivity (Wildman–Crippen MR) is 53.1 cm³/mol. The topological polar surface area (TPSA) is 41.5 Å². The molecule has 0 radical (unpaired) electrons. The molecule has 1 saturated carbocycles. The average molecular weight is 194 g/mol. The average Bonchev–Trinajstić information content (AvgIpc) is 2.88. The van der Waals surface area contributed by atoms with E-state index in [1.165, 1.54) is 11.8 Å². The number of thioether (sulfide) groups is 1. The van der Waals surface area contributed by atoms with Gasteiger partial charge in [-0.1, -0.05) is 17.7 Å². The molecule has 4 heteroatoms. The van der Waals surface area contributed by atoms with Gasteiger partial charge in [0.25, 0.3) is 0 Å². The Morgan fingerprint density at radius 3 is 3.08 bits per heavy atom. The first-order chi connectivity index (χ1) is 6.33. The number of terminal acetylenes is 1. The molecule has 1 aliphatic heterocycles. The van der Waals surface area contributed by atoms with Crippen molar-refractivity contribution in [3.8, 4) is 12.3 Å². The first-order valence-corrected chi connectivity index (χ1v) is 5.25. The molecule has 1 atom stereocenters. The third-order valence-electron chi connectivity index (χ3n) is 2.22. The van der Waals surface area contributed by atoms with Crippen LogP contribution >= 0.6 is 11.8 Å². The molecule has 0 aromatic heterocycles. The monoisotopic (exact) mass is 194 g/mol. The standard InChI is InChI=1S/C9H10N2OS/c1-2-5-13-9-7(6-3-4-6)8(12)10-11-9/h1,6-7H,3-5H2,(H,10,12). The van der Waals surface area contributed by atoms with Gasteiger partial charge in [-0.15, -0.1) is 6.42 Å². The van der Waals surface area contributed by atoms with Crippen molar-refractivity contribution >= 4 is 22.7 Å². The van der Waals surface area contributed by atoms with Crippen LogP contribution in [0, 0.1) is 24.2 Å². The summed E-state index contributed by atoms with van der Waals surface area (Å²) in [7, 11) is 0. The van der Waals surface area contributed by atoms with Gasteiger partial charge in [0.05, 0.1) is 11.7 Å². The quantitative estimate of drug-likeness (QED) is 0.661. The molecular formula is C9H10N2OS. The predicted octanol–water partition coefficient (Wildman–Crippen LogP) is 0.822. The number of carbonyl (C=O) groups excluding carboxylic acids is 1. The van der Waals surface area contributed by atoms with E-state index in [9.17, 15) is 4.79 Å². The van der Waals surface area contributed by atoms with E-state index in [1.54, 1.807) is 0 Å². The largest absolute Gasteiger partial charge is 0.272 e. The van der Waals surface area contributed by atoms with E-state index in [0.717, 1.165) is 17.9 Å². The van der Waals surface area contributed by atoms with E-state index in [0.29, 0.717) is 11.7 Å². The van der Waals surface area contributed by atoms with Gasteiger partial charge in [0.15, 0.2) is 0 Å². The Labute approximate surface area is 81.3 Å². The van der Waals surface area contributed by atoms with Crippen molar-refractivity contribution in [2.75, 3.05) is 5.75 Å². The highest BCUT2D eigenvalue weighted by molar-refractivity contribution is 8.14. The lowest BCUT2D eigenvalue weighted by molar-refractivity contribution is -0.122. The number of amides is 1. The molecule has 0 spiro atoms. The molecule has 0 aromatic rings. The van der Waals surface area contributed by atoms with Gasteiger partial charge in [0.1, 0.15) is 5.04 Å². The zero-order valence-corrected chi connectivity index (χ0v) is 7.93. The Morgan fingerprint density at radius 2 is 2.46 bits per heavy atom. The first-order valence-electron chi connectivity index (χ1n) is 4.26. The van der Waals surface area contributed by atoms with Crippen LogP contribution in [0.25, 0.3) is 0 Å². The zero-order valence-electron chi connectivity index (χ0n) is 7.12. The van der Waals surface area contributed by atoms with Gasteiger partial charge in [-0.2, -0.15) is 5.10 Å². The van der Waals surface area contributed by atoms with Crippen molar-refractivity contribution in [2.45, 2.75) is 12.8 Å². The molecule has 13 heavy (non-hydrogen) atoms. The van der Waals surface area contributed by atoms with Crippen LogP contribution in [0.1, 0.15) is 12.8 Å². The lowest BCUT2D eigenvalue weighted by Crippen LogP contribution is -2.23. The molecule has 1 unspecified atom stereocenters. The maximum absolute atomic E-state index is 11.3.